The molecule has 0 atom stereocenters. The minimum absolute atomic E-state index is 0.0190. The standard InChI is InChI=1S/C11H18O3/c1-10(12)6-3-2-4-7-11-13-8-5-9-14-11/h3,6,11H,2,4-5,7-9H2,1H3. The largest absolute Gasteiger partial charge is 0.353 e. The zero-order chi connectivity index (χ0) is 10.2. The van der Waals surface area contributed by atoms with E-state index >= 15 is 0 Å². The summed E-state index contributed by atoms with van der Waals surface area (Å²) in [6.07, 6.45) is 7.35. The molecule has 3 heteroatoms. The lowest BCUT2D eigenvalue weighted by Gasteiger charge is -2.22. The van der Waals surface area contributed by atoms with Gasteiger partial charge in [-0.3, -0.25) is 4.79 Å². The third-order valence-electron chi connectivity index (χ3n) is 2.06. The van der Waals surface area contributed by atoms with E-state index in [2.05, 4.69) is 0 Å². The zero-order valence-corrected chi connectivity index (χ0v) is 8.70. The van der Waals surface area contributed by atoms with E-state index in [9.17, 15) is 4.79 Å². The lowest BCUT2D eigenvalue weighted by atomic mass is 10.2. The highest BCUT2D eigenvalue weighted by Crippen LogP contribution is 2.11. The van der Waals surface area contributed by atoms with Crippen molar-refractivity contribution in [3.8, 4) is 0 Å². The molecule has 1 aliphatic rings. The van der Waals surface area contributed by atoms with Crippen LogP contribution in [-0.2, 0) is 14.3 Å². The number of ether oxygens (including phenoxy) is 2. The van der Waals surface area contributed by atoms with Gasteiger partial charge in [0.15, 0.2) is 12.1 Å². The summed E-state index contributed by atoms with van der Waals surface area (Å²) < 4.78 is 10.8. The molecule has 80 valence electrons. The van der Waals surface area contributed by atoms with Gasteiger partial charge in [0.1, 0.15) is 0 Å². The second-order valence-corrected chi connectivity index (χ2v) is 3.47. The van der Waals surface area contributed by atoms with E-state index in [-0.39, 0.29) is 12.1 Å². The Balaban J connectivity index is 2.00. The molecule has 0 aromatic carbocycles. The topological polar surface area (TPSA) is 35.5 Å². The summed E-state index contributed by atoms with van der Waals surface area (Å²) in [6, 6.07) is 0. The van der Waals surface area contributed by atoms with Gasteiger partial charge in [-0.1, -0.05) is 6.08 Å². The number of unbranched alkanes of at least 4 members (excludes halogenated alkanes) is 1. The van der Waals surface area contributed by atoms with Crippen LogP contribution in [0.2, 0.25) is 0 Å². The number of carbonyl (C=O) groups excluding carboxylic acids is 1. The molecule has 1 fully saturated rings. The summed E-state index contributed by atoms with van der Waals surface area (Å²) in [7, 11) is 0. The van der Waals surface area contributed by atoms with E-state index in [0.717, 1.165) is 38.9 Å². The fourth-order valence-electron chi connectivity index (χ4n) is 1.35. The first kappa shape index (κ1) is 11.4. The molecule has 1 heterocycles. The SMILES string of the molecule is CC(=O)C=CCCCC1OCCCO1. The van der Waals surface area contributed by atoms with Crippen molar-refractivity contribution in [2.45, 2.75) is 38.9 Å². The van der Waals surface area contributed by atoms with Crippen molar-refractivity contribution in [2.75, 3.05) is 13.2 Å². The molecule has 0 radical (unpaired) electrons. The highest BCUT2D eigenvalue weighted by molar-refractivity contribution is 5.87. The minimum atomic E-state index is -0.0190. The monoisotopic (exact) mass is 198 g/mol. The highest BCUT2D eigenvalue weighted by Gasteiger charge is 2.12. The van der Waals surface area contributed by atoms with Crippen molar-refractivity contribution in [1.82, 2.24) is 0 Å². The normalized spacial score (nSPS) is 18.9. The molecule has 1 aliphatic heterocycles. The second kappa shape index (κ2) is 6.74. The molecule has 1 rings (SSSR count). The van der Waals surface area contributed by atoms with Crippen LogP contribution in [0.3, 0.4) is 0 Å². The molecular weight excluding hydrogens is 180 g/mol. The van der Waals surface area contributed by atoms with Crippen LogP contribution in [0, 0.1) is 0 Å². The van der Waals surface area contributed by atoms with Gasteiger partial charge in [0.2, 0.25) is 0 Å². The van der Waals surface area contributed by atoms with Gasteiger partial charge in [-0.15, -0.1) is 0 Å². The number of hydrogen-bond acceptors (Lipinski definition) is 3. The summed E-state index contributed by atoms with van der Waals surface area (Å²) >= 11 is 0. The van der Waals surface area contributed by atoms with Crippen molar-refractivity contribution >= 4 is 5.78 Å². The Hall–Kier alpha value is -0.670. The Morgan fingerprint density at radius 1 is 1.43 bits per heavy atom. The average Bonchev–Trinajstić information content (AvgIpc) is 2.18. The Morgan fingerprint density at radius 2 is 2.14 bits per heavy atom. The lowest BCUT2D eigenvalue weighted by Crippen LogP contribution is -2.24. The molecule has 0 spiro atoms. The van der Waals surface area contributed by atoms with Crippen molar-refractivity contribution < 1.29 is 14.3 Å². The molecule has 0 aliphatic carbocycles. The predicted octanol–water partition coefficient (Wildman–Crippen LogP) is 2.06. The first-order chi connectivity index (χ1) is 6.79. The second-order valence-electron chi connectivity index (χ2n) is 3.47. The molecule has 1 saturated heterocycles. The fourth-order valence-corrected chi connectivity index (χ4v) is 1.35. The first-order valence-electron chi connectivity index (χ1n) is 5.19. The van der Waals surface area contributed by atoms with Crippen molar-refractivity contribution in [2.24, 2.45) is 0 Å². The van der Waals surface area contributed by atoms with Gasteiger partial charge in [-0.2, -0.15) is 0 Å². The van der Waals surface area contributed by atoms with Crippen LogP contribution in [-0.4, -0.2) is 25.3 Å². The van der Waals surface area contributed by atoms with Crippen molar-refractivity contribution in [3.63, 3.8) is 0 Å². The Morgan fingerprint density at radius 3 is 2.79 bits per heavy atom. The predicted molar refractivity (Wildman–Crippen MR) is 54.0 cm³/mol. The van der Waals surface area contributed by atoms with E-state index in [0.29, 0.717) is 0 Å². The van der Waals surface area contributed by atoms with Gasteiger partial charge < -0.3 is 9.47 Å². The molecule has 3 nitrogen and oxygen atoms in total. The van der Waals surface area contributed by atoms with Crippen LogP contribution < -0.4 is 0 Å². The lowest BCUT2D eigenvalue weighted by molar-refractivity contribution is -0.181. The maximum absolute atomic E-state index is 10.6. The number of allylic oxidation sites excluding steroid dienone is 2. The molecule has 0 bridgehead atoms. The van der Waals surface area contributed by atoms with Gasteiger partial charge in [0.05, 0.1) is 13.2 Å². The summed E-state index contributed by atoms with van der Waals surface area (Å²) in [4.78, 5) is 10.6. The molecular formula is C11H18O3. The van der Waals surface area contributed by atoms with Gasteiger partial charge >= 0.3 is 0 Å². The third kappa shape index (κ3) is 5.14. The molecule has 0 N–H and O–H groups in total. The third-order valence-corrected chi connectivity index (χ3v) is 2.06. The van der Waals surface area contributed by atoms with Crippen LogP contribution in [0.25, 0.3) is 0 Å². The van der Waals surface area contributed by atoms with E-state index in [1.807, 2.05) is 6.08 Å². The highest BCUT2D eigenvalue weighted by atomic mass is 16.7. The minimum Gasteiger partial charge on any atom is -0.353 e. The summed E-state index contributed by atoms with van der Waals surface area (Å²) in [6.45, 7) is 3.19. The van der Waals surface area contributed by atoms with E-state index in [1.54, 1.807) is 13.0 Å². The molecule has 0 amide bonds. The van der Waals surface area contributed by atoms with Crippen LogP contribution >= 0.6 is 0 Å². The Bertz CT molecular complexity index is 193. The van der Waals surface area contributed by atoms with Crippen LogP contribution in [0.15, 0.2) is 12.2 Å². The summed E-state index contributed by atoms with van der Waals surface area (Å²) in [5, 5.41) is 0. The maximum Gasteiger partial charge on any atom is 0.157 e. The zero-order valence-electron chi connectivity index (χ0n) is 8.70. The van der Waals surface area contributed by atoms with Gasteiger partial charge in [0, 0.05) is 0 Å². The Labute approximate surface area is 85.1 Å². The van der Waals surface area contributed by atoms with Gasteiger partial charge in [0.25, 0.3) is 0 Å². The quantitative estimate of drug-likeness (QED) is 0.501. The van der Waals surface area contributed by atoms with E-state index in [1.165, 1.54) is 0 Å². The average molecular weight is 198 g/mol. The summed E-state index contributed by atoms with van der Waals surface area (Å²) in [5.41, 5.74) is 0. The first-order valence-corrected chi connectivity index (χ1v) is 5.19. The number of hydrogen-bond donors (Lipinski definition) is 0. The van der Waals surface area contributed by atoms with Crippen LogP contribution in [0.1, 0.15) is 32.6 Å². The fraction of sp³-hybridized carbons (Fsp3) is 0.727. The van der Waals surface area contributed by atoms with Crippen LogP contribution in [0.5, 0.6) is 0 Å². The molecule has 14 heavy (non-hydrogen) atoms. The Kier molecular flexibility index (Phi) is 5.49. The molecule has 0 saturated carbocycles. The number of carbonyl (C=O) groups is 1. The molecule has 0 unspecified atom stereocenters. The number of rotatable bonds is 5. The van der Waals surface area contributed by atoms with E-state index in [4.69, 9.17) is 9.47 Å². The smallest absolute Gasteiger partial charge is 0.157 e. The van der Waals surface area contributed by atoms with Gasteiger partial charge in [-0.25, -0.2) is 0 Å². The van der Waals surface area contributed by atoms with Crippen molar-refractivity contribution in [3.05, 3.63) is 12.2 Å². The van der Waals surface area contributed by atoms with Crippen molar-refractivity contribution in [1.29, 1.82) is 0 Å². The van der Waals surface area contributed by atoms with Crippen LogP contribution in [0.4, 0.5) is 0 Å². The summed E-state index contributed by atoms with van der Waals surface area (Å²) in [5.74, 6) is 0.107. The van der Waals surface area contributed by atoms with Gasteiger partial charge in [-0.05, 0) is 38.7 Å². The molecule has 0 aromatic rings. The van der Waals surface area contributed by atoms with E-state index < -0.39 is 0 Å². The molecule has 0 aromatic heterocycles. The number of ketones is 1. The maximum atomic E-state index is 10.6.